The zero-order valence-electron chi connectivity index (χ0n) is 13.5. The molecule has 0 spiro atoms. The standard InChI is InChI=1S/C19H17ClN4O/c20-16-10-15(7-8-17(16)22)23-19(25)14(11-21)12-24-9-3-5-13-4-1-2-6-18(13)24/h1-2,4,6-8,10,12H,3,5,9,22H2,(H,23,25)/b14-12-. The fourth-order valence-corrected chi connectivity index (χ4v) is 2.97. The van der Waals surface area contributed by atoms with Gasteiger partial charge in [0.15, 0.2) is 0 Å². The summed E-state index contributed by atoms with van der Waals surface area (Å²) in [5.74, 6) is -0.480. The first-order valence-corrected chi connectivity index (χ1v) is 8.29. The molecule has 1 amide bonds. The lowest BCUT2D eigenvalue weighted by Gasteiger charge is -2.28. The number of nitrogens with one attached hydrogen (secondary N) is 1. The van der Waals surface area contributed by atoms with Crippen LogP contribution in [-0.4, -0.2) is 12.5 Å². The van der Waals surface area contributed by atoms with Crippen molar-refractivity contribution in [3.63, 3.8) is 0 Å². The topological polar surface area (TPSA) is 82.2 Å². The average molecular weight is 353 g/mol. The minimum Gasteiger partial charge on any atom is -0.398 e. The van der Waals surface area contributed by atoms with Gasteiger partial charge in [-0.05, 0) is 42.7 Å². The van der Waals surface area contributed by atoms with Crippen molar-refractivity contribution in [2.45, 2.75) is 12.8 Å². The Kier molecular flexibility index (Phi) is 4.92. The molecule has 126 valence electrons. The molecule has 0 radical (unpaired) electrons. The van der Waals surface area contributed by atoms with Crippen LogP contribution in [0.2, 0.25) is 5.02 Å². The summed E-state index contributed by atoms with van der Waals surface area (Å²) in [7, 11) is 0. The van der Waals surface area contributed by atoms with E-state index in [0.29, 0.717) is 16.4 Å². The highest BCUT2D eigenvalue weighted by Gasteiger charge is 2.18. The number of carbonyl (C=O) groups excluding carboxylic acids is 1. The molecule has 0 saturated carbocycles. The van der Waals surface area contributed by atoms with E-state index < -0.39 is 5.91 Å². The number of rotatable bonds is 3. The van der Waals surface area contributed by atoms with E-state index in [9.17, 15) is 10.1 Å². The molecule has 2 aromatic rings. The van der Waals surface area contributed by atoms with Crippen LogP contribution in [0.3, 0.4) is 0 Å². The number of nitrogens with zero attached hydrogens (tertiary/aromatic N) is 2. The summed E-state index contributed by atoms with van der Waals surface area (Å²) >= 11 is 5.96. The largest absolute Gasteiger partial charge is 0.398 e. The quantitative estimate of drug-likeness (QED) is 0.501. The highest BCUT2D eigenvalue weighted by molar-refractivity contribution is 6.33. The molecular formula is C19H17ClN4O. The van der Waals surface area contributed by atoms with Gasteiger partial charge in [-0.15, -0.1) is 0 Å². The van der Waals surface area contributed by atoms with Crippen LogP contribution in [0.5, 0.6) is 0 Å². The molecule has 5 nitrogen and oxygen atoms in total. The molecule has 3 N–H and O–H groups in total. The van der Waals surface area contributed by atoms with Gasteiger partial charge in [-0.25, -0.2) is 0 Å². The van der Waals surface area contributed by atoms with Crippen molar-refractivity contribution in [1.82, 2.24) is 0 Å². The van der Waals surface area contributed by atoms with E-state index >= 15 is 0 Å². The monoisotopic (exact) mass is 352 g/mol. The van der Waals surface area contributed by atoms with Gasteiger partial charge in [-0.3, -0.25) is 4.79 Å². The number of nitriles is 1. The lowest BCUT2D eigenvalue weighted by Crippen LogP contribution is -2.26. The van der Waals surface area contributed by atoms with Crippen molar-refractivity contribution in [1.29, 1.82) is 5.26 Å². The SMILES string of the molecule is N#C/C(=C/N1CCCc2ccccc21)C(=O)Nc1ccc(N)c(Cl)c1. The minimum atomic E-state index is -0.480. The molecule has 1 aliphatic heterocycles. The molecule has 0 unspecified atom stereocenters. The van der Waals surface area contributed by atoms with Crippen LogP contribution in [0.25, 0.3) is 0 Å². The molecule has 25 heavy (non-hydrogen) atoms. The van der Waals surface area contributed by atoms with Gasteiger partial charge in [-0.2, -0.15) is 5.26 Å². The van der Waals surface area contributed by atoms with Gasteiger partial charge >= 0.3 is 0 Å². The van der Waals surface area contributed by atoms with Crippen molar-refractivity contribution >= 4 is 34.6 Å². The van der Waals surface area contributed by atoms with E-state index in [1.54, 1.807) is 24.4 Å². The number of para-hydroxylation sites is 1. The number of amides is 1. The van der Waals surface area contributed by atoms with E-state index in [1.807, 2.05) is 29.2 Å². The smallest absolute Gasteiger partial charge is 0.267 e. The van der Waals surface area contributed by atoms with E-state index in [2.05, 4.69) is 11.4 Å². The van der Waals surface area contributed by atoms with Crippen LogP contribution < -0.4 is 16.0 Å². The molecule has 0 fully saturated rings. The van der Waals surface area contributed by atoms with Crippen LogP contribution in [-0.2, 0) is 11.2 Å². The third kappa shape index (κ3) is 3.76. The van der Waals surface area contributed by atoms with Crippen LogP contribution in [0.4, 0.5) is 17.1 Å². The Morgan fingerprint density at radius 3 is 2.88 bits per heavy atom. The van der Waals surface area contributed by atoms with Crippen molar-refractivity contribution in [2.24, 2.45) is 0 Å². The highest BCUT2D eigenvalue weighted by Crippen LogP contribution is 2.27. The summed E-state index contributed by atoms with van der Waals surface area (Å²) < 4.78 is 0. The van der Waals surface area contributed by atoms with Gasteiger partial charge in [-0.1, -0.05) is 29.8 Å². The first-order chi connectivity index (χ1) is 12.1. The van der Waals surface area contributed by atoms with Gasteiger partial charge in [0.25, 0.3) is 5.91 Å². The zero-order chi connectivity index (χ0) is 17.8. The second kappa shape index (κ2) is 7.29. The molecule has 0 atom stereocenters. The first-order valence-electron chi connectivity index (χ1n) is 7.91. The lowest BCUT2D eigenvalue weighted by molar-refractivity contribution is -0.112. The second-order valence-electron chi connectivity index (χ2n) is 5.77. The van der Waals surface area contributed by atoms with Gasteiger partial charge in [0, 0.05) is 24.1 Å². The maximum Gasteiger partial charge on any atom is 0.267 e. The van der Waals surface area contributed by atoms with Crippen LogP contribution in [0.15, 0.2) is 54.2 Å². The van der Waals surface area contributed by atoms with Crippen molar-refractivity contribution < 1.29 is 4.79 Å². The molecule has 1 aliphatic rings. The molecule has 3 rings (SSSR count). The Morgan fingerprint density at radius 2 is 2.12 bits per heavy atom. The Hall–Kier alpha value is -2.97. The Morgan fingerprint density at radius 1 is 1.32 bits per heavy atom. The minimum absolute atomic E-state index is 0.0321. The highest BCUT2D eigenvalue weighted by atomic mass is 35.5. The number of benzene rings is 2. The fraction of sp³-hybridized carbons (Fsp3) is 0.158. The number of aryl methyl sites for hydroxylation is 1. The van der Waals surface area contributed by atoms with Crippen molar-refractivity contribution in [2.75, 3.05) is 22.5 Å². The molecule has 1 heterocycles. The summed E-state index contributed by atoms with van der Waals surface area (Å²) in [6.45, 7) is 0.767. The van der Waals surface area contributed by atoms with Gasteiger partial charge in [0.1, 0.15) is 11.6 Å². The van der Waals surface area contributed by atoms with E-state index in [-0.39, 0.29) is 5.57 Å². The fourth-order valence-electron chi connectivity index (χ4n) is 2.79. The van der Waals surface area contributed by atoms with E-state index in [0.717, 1.165) is 25.1 Å². The second-order valence-corrected chi connectivity index (χ2v) is 6.18. The maximum absolute atomic E-state index is 12.4. The van der Waals surface area contributed by atoms with Crippen molar-refractivity contribution in [3.05, 3.63) is 64.8 Å². The summed E-state index contributed by atoms with van der Waals surface area (Å²) in [4.78, 5) is 14.4. The number of nitrogen functional groups attached to an aromatic ring is 1. The lowest BCUT2D eigenvalue weighted by atomic mass is 10.0. The molecule has 0 aliphatic carbocycles. The number of fused-ring (bicyclic) bond motifs is 1. The van der Waals surface area contributed by atoms with Crippen LogP contribution in [0.1, 0.15) is 12.0 Å². The van der Waals surface area contributed by atoms with Crippen molar-refractivity contribution in [3.8, 4) is 6.07 Å². The maximum atomic E-state index is 12.4. The summed E-state index contributed by atoms with van der Waals surface area (Å²) in [6.07, 6.45) is 3.58. The van der Waals surface area contributed by atoms with Gasteiger partial charge < -0.3 is 16.0 Å². The summed E-state index contributed by atoms with van der Waals surface area (Å²) in [6, 6.07) is 14.8. The molecule has 0 bridgehead atoms. The normalized spacial score (nSPS) is 13.8. The Labute approximate surface area is 151 Å². The Balaban J connectivity index is 1.82. The molecule has 2 aromatic carbocycles. The number of halogens is 1. The number of anilines is 3. The summed E-state index contributed by atoms with van der Waals surface area (Å²) in [5, 5.41) is 12.4. The number of hydrogen-bond donors (Lipinski definition) is 2. The predicted octanol–water partition coefficient (Wildman–Crippen LogP) is 3.72. The third-order valence-electron chi connectivity index (χ3n) is 4.05. The van der Waals surface area contributed by atoms with Gasteiger partial charge in [0.05, 0.1) is 10.7 Å². The molecule has 0 saturated heterocycles. The van der Waals surface area contributed by atoms with E-state index in [1.165, 1.54) is 5.56 Å². The zero-order valence-corrected chi connectivity index (χ0v) is 14.3. The van der Waals surface area contributed by atoms with E-state index in [4.69, 9.17) is 17.3 Å². The molecular weight excluding hydrogens is 336 g/mol. The summed E-state index contributed by atoms with van der Waals surface area (Å²) in [5.41, 5.74) is 8.86. The van der Waals surface area contributed by atoms with Gasteiger partial charge in [0.2, 0.25) is 0 Å². The molecule has 6 heteroatoms. The third-order valence-corrected chi connectivity index (χ3v) is 4.38. The van der Waals surface area contributed by atoms with Crippen LogP contribution in [0, 0.1) is 11.3 Å². The Bertz CT molecular complexity index is 885. The number of carbonyl (C=O) groups is 1. The number of hydrogen-bond acceptors (Lipinski definition) is 4. The first kappa shape index (κ1) is 16.9. The number of nitrogens with two attached hydrogens (primary N) is 1. The predicted molar refractivity (Wildman–Crippen MR) is 100 cm³/mol. The van der Waals surface area contributed by atoms with Crippen LogP contribution >= 0.6 is 11.6 Å². The average Bonchev–Trinajstić information content (AvgIpc) is 2.62. The molecule has 0 aromatic heterocycles.